The molecule has 1 aromatic rings. The van der Waals surface area contributed by atoms with Gasteiger partial charge >= 0.3 is 0 Å². The molecule has 0 bridgehead atoms. The van der Waals surface area contributed by atoms with Gasteiger partial charge in [-0.15, -0.1) is 0 Å². The van der Waals surface area contributed by atoms with Crippen molar-refractivity contribution < 1.29 is 5.11 Å². The summed E-state index contributed by atoms with van der Waals surface area (Å²) in [6.45, 7) is 1.81. The summed E-state index contributed by atoms with van der Waals surface area (Å²) in [5.74, 6) is 0. The van der Waals surface area contributed by atoms with Gasteiger partial charge in [-0.3, -0.25) is 0 Å². The molecule has 0 saturated heterocycles. The number of hydrogen-bond donors (Lipinski definition) is 1. The first kappa shape index (κ1) is 10.1. The number of anilines is 1. The summed E-state index contributed by atoms with van der Waals surface area (Å²) in [5, 5.41) is 9.17. The van der Waals surface area contributed by atoms with Crippen LogP contribution in [-0.2, 0) is 6.42 Å². The van der Waals surface area contributed by atoms with Crippen LogP contribution in [0.15, 0.2) is 24.3 Å². The number of nitrogens with zero attached hydrogens (tertiary/aromatic N) is 1. The second-order valence-electron chi connectivity index (χ2n) is 3.61. The Morgan fingerprint density at radius 2 is 1.77 bits per heavy atom. The lowest BCUT2D eigenvalue weighted by Crippen LogP contribution is -2.09. The molecule has 0 aliphatic heterocycles. The van der Waals surface area contributed by atoms with Gasteiger partial charge in [-0.2, -0.15) is 0 Å². The van der Waals surface area contributed by atoms with E-state index in [2.05, 4.69) is 29.2 Å². The van der Waals surface area contributed by atoms with Crippen LogP contribution in [0.2, 0.25) is 0 Å². The summed E-state index contributed by atoms with van der Waals surface area (Å²) in [7, 11) is 4.04. The van der Waals surface area contributed by atoms with E-state index in [1.54, 1.807) is 6.92 Å². The Balaban J connectivity index is 2.70. The van der Waals surface area contributed by atoms with Crippen LogP contribution < -0.4 is 4.90 Å². The van der Waals surface area contributed by atoms with E-state index in [1.807, 2.05) is 14.1 Å². The van der Waals surface area contributed by atoms with Crippen LogP contribution >= 0.6 is 0 Å². The number of hydrogen-bond acceptors (Lipinski definition) is 2. The summed E-state index contributed by atoms with van der Waals surface area (Å²) in [6, 6.07) is 8.25. The predicted molar refractivity (Wildman–Crippen MR) is 56.2 cm³/mol. The molecule has 0 heterocycles. The Bertz CT molecular complexity index is 251. The molecule has 1 atom stereocenters. The highest BCUT2D eigenvalue weighted by atomic mass is 16.3. The zero-order chi connectivity index (χ0) is 9.84. The Morgan fingerprint density at radius 3 is 2.15 bits per heavy atom. The highest BCUT2D eigenvalue weighted by Gasteiger charge is 1.99. The Morgan fingerprint density at radius 1 is 1.23 bits per heavy atom. The van der Waals surface area contributed by atoms with E-state index in [9.17, 15) is 5.11 Å². The Kier molecular flexibility index (Phi) is 3.32. The maximum atomic E-state index is 9.17. The minimum atomic E-state index is -0.259. The molecule has 2 nitrogen and oxygen atoms in total. The number of benzene rings is 1. The van der Waals surface area contributed by atoms with Gasteiger partial charge < -0.3 is 10.0 Å². The lowest BCUT2D eigenvalue weighted by Gasteiger charge is -2.13. The van der Waals surface area contributed by atoms with E-state index in [0.717, 1.165) is 6.42 Å². The van der Waals surface area contributed by atoms with Gasteiger partial charge in [-0.25, -0.2) is 0 Å². The number of aliphatic hydroxyl groups excluding tert-OH is 1. The van der Waals surface area contributed by atoms with Gasteiger partial charge in [0.2, 0.25) is 0 Å². The van der Waals surface area contributed by atoms with Gasteiger partial charge in [0, 0.05) is 19.8 Å². The van der Waals surface area contributed by atoms with E-state index < -0.39 is 0 Å². The first-order chi connectivity index (χ1) is 6.09. The van der Waals surface area contributed by atoms with E-state index in [4.69, 9.17) is 0 Å². The fraction of sp³-hybridized carbons (Fsp3) is 0.455. The summed E-state index contributed by atoms with van der Waals surface area (Å²) >= 11 is 0. The number of rotatable bonds is 3. The zero-order valence-corrected chi connectivity index (χ0v) is 8.49. The topological polar surface area (TPSA) is 23.5 Å². The third kappa shape index (κ3) is 3.07. The zero-order valence-electron chi connectivity index (χ0n) is 8.49. The van der Waals surface area contributed by atoms with Gasteiger partial charge in [-0.05, 0) is 31.0 Å². The fourth-order valence-corrected chi connectivity index (χ4v) is 1.27. The van der Waals surface area contributed by atoms with Crippen molar-refractivity contribution in [3.63, 3.8) is 0 Å². The minimum absolute atomic E-state index is 0.259. The highest BCUT2D eigenvalue weighted by Crippen LogP contribution is 2.13. The quantitative estimate of drug-likeness (QED) is 0.763. The molecule has 13 heavy (non-hydrogen) atoms. The largest absolute Gasteiger partial charge is 0.393 e. The molecule has 1 aromatic carbocycles. The molecule has 72 valence electrons. The smallest absolute Gasteiger partial charge is 0.0552 e. The molecule has 0 fully saturated rings. The van der Waals surface area contributed by atoms with Crippen molar-refractivity contribution in [1.29, 1.82) is 0 Å². The number of aliphatic hydroxyl groups is 1. The molecule has 0 aliphatic rings. The van der Waals surface area contributed by atoms with Crippen molar-refractivity contribution in [1.82, 2.24) is 0 Å². The third-order valence-corrected chi connectivity index (χ3v) is 1.98. The average Bonchev–Trinajstić information content (AvgIpc) is 2.04. The standard InChI is InChI=1S/C11H17NO/c1-9(13)8-10-4-6-11(7-5-10)12(2)3/h4-7,9,13H,8H2,1-3H3. The van der Waals surface area contributed by atoms with Crippen molar-refractivity contribution in [2.24, 2.45) is 0 Å². The van der Waals surface area contributed by atoms with Gasteiger partial charge in [0.1, 0.15) is 0 Å². The van der Waals surface area contributed by atoms with Crippen molar-refractivity contribution in [2.75, 3.05) is 19.0 Å². The molecule has 1 N–H and O–H groups in total. The second kappa shape index (κ2) is 4.28. The SMILES string of the molecule is CC(O)Cc1ccc(N(C)C)cc1. The van der Waals surface area contributed by atoms with Crippen LogP contribution in [0, 0.1) is 0 Å². The van der Waals surface area contributed by atoms with Crippen LogP contribution in [0.5, 0.6) is 0 Å². The molecule has 0 saturated carbocycles. The second-order valence-corrected chi connectivity index (χ2v) is 3.61. The van der Waals surface area contributed by atoms with Crippen LogP contribution in [0.3, 0.4) is 0 Å². The summed E-state index contributed by atoms with van der Waals surface area (Å²) in [4.78, 5) is 2.06. The molecule has 2 heteroatoms. The van der Waals surface area contributed by atoms with E-state index in [0.29, 0.717) is 0 Å². The molecule has 0 spiro atoms. The summed E-state index contributed by atoms with van der Waals surface area (Å²) < 4.78 is 0. The van der Waals surface area contributed by atoms with E-state index in [1.165, 1.54) is 11.3 Å². The first-order valence-electron chi connectivity index (χ1n) is 4.54. The third-order valence-electron chi connectivity index (χ3n) is 1.98. The molecule has 0 amide bonds. The lowest BCUT2D eigenvalue weighted by molar-refractivity contribution is 0.195. The lowest BCUT2D eigenvalue weighted by atomic mass is 10.1. The molecular formula is C11H17NO. The minimum Gasteiger partial charge on any atom is -0.393 e. The summed E-state index contributed by atoms with van der Waals surface area (Å²) in [6.07, 6.45) is 0.471. The molecule has 0 aliphatic carbocycles. The first-order valence-corrected chi connectivity index (χ1v) is 4.54. The van der Waals surface area contributed by atoms with Crippen LogP contribution in [-0.4, -0.2) is 25.3 Å². The average molecular weight is 179 g/mol. The van der Waals surface area contributed by atoms with Gasteiger partial charge in [0.05, 0.1) is 6.10 Å². The van der Waals surface area contributed by atoms with Crippen molar-refractivity contribution in [3.8, 4) is 0 Å². The monoisotopic (exact) mass is 179 g/mol. The van der Waals surface area contributed by atoms with Crippen LogP contribution in [0.1, 0.15) is 12.5 Å². The predicted octanol–water partition coefficient (Wildman–Crippen LogP) is 1.68. The van der Waals surface area contributed by atoms with Gasteiger partial charge in [-0.1, -0.05) is 12.1 Å². The summed E-state index contributed by atoms with van der Waals surface area (Å²) in [5.41, 5.74) is 2.37. The normalized spacial score (nSPS) is 12.6. The Labute approximate surface area is 79.8 Å². The van der Waals surface area contributed by atoms with Crippen LogP contribution in [0.25, 0.3) is 0 Å². The fourth-order valence-electron chi connectivity index (χ4n) is 1.27. The van der Waals surface area contributed by atoms with Crippen LogP contribution in [0.4, 0.5) is 5.69 Å². The Hall–Kier alpha value is -1.02. The van der Waals surface area contributed by atoms with Gasteiger partial charge in [0.25, 0.3) is 0 Å². The van der Waals surface area contributed by atoms with Gasteiger partial charge in [0.15, 0.2) is 0 Å². The highest BCUT2D eigenvalue weighted by molar-refractivity contribution is 5.46. The molecule has 0 aromatic heterocycles. The van der Waals surface area contributed by atoms with E-state index in [-0.39, 0.29) is 6.10 Å². The molecule has 1 unspecified atom stereocenters. The molecule has 0 radical (unpaired) electrons. The maximum absolute atomic E-state index is 9.17. The van der Waals surface area contributed by atoms with Crippen molar-refractivity contribution >= 4 is 5.69 Å². The maximum Gasteiger partial charge on any atom is 0.0552 e. The van der Waals surface area contributed by atoms with Crippen molar-refractivity contribution in [3.05, 3.63) is 29.8 Å². The van der Waals surface area contributed by atoms with E-state index >= 15 is 0 Å². The molecule has 1 rings (SSSR count). The molecular weight excluding hydrogens is 162 g/mol. The van der Waals surface area contributed by atoms with Crippen molar-refractivity contribution in [2.45, 2.75) is 19.4 Å².